The standard InChI is InChI=1S/C23H18F4N4O3/c1-13(23(25,26)27)34-19-8-3-14(9-28)21(33-2)20(19)22(32)30-10-15-11-31(29-18(15)12-30)17-6-4-16(24)5-7-17/h3-8,11,13H,10,12H2,1-2H3/t13-/m0/s1. The van der Waals surface area contributed by atoms with Crippen LogP contribution in [0, 0.1) is 17.1 Å². The SMILES string of the molecule is COc1c(C#N)ccc(O[C@@H](C)C(F)(F)F)c1C(=O)N1Cc2cn(-c3ccc(F)cc3)nc2C1. The van der Waals surface area contributed by atoms with E-state index in [2.05, 4.69) is 5.10 Å². The molecule has 7 nitrogen and oxygen atoms in total. The van der Waals surface area contributed by atoms with Crippen molar-refractivity contribution in [1.29, 1.82) is 5.26 Å². The van der Waals surface area contributed by atoms with Crippen LogP contribution in [0.25, 0.3) is 5.69 Å². The number of nitrogens with zero attached hydrogens (tertiary/aromatic N) is 4. The summed E-state index contributed by atoms with van der Waals surface area (Å²) in [6.45, 7) is 1.03. The van der Waals surface area contributed by atoms with Crippen LogP contribution in [0.15, 0.2) is 42.6 Å². The highest BCUT2D eigenvalue weighted by atomic mass is 19.4. The first kappa shape index (κ1) is 23.1. The number of amides is 1. The summed E-state index contributed by atoms with van der Waals surface area (Å²) < 4.78 is 64.3. The second kappa shape index (κ2) is 8.70. The molecule has 0 bridgehead atoms. The number of benzene rings is 2. The number of nitriles is 1. The molecule has 1 aliphatic heterocycles. The van der Waals surface area contributed by atoms with E-state index in [-0.39, 0.29) is 41.5 Å². The van der Waals surface area contributed by atoms with Crippen LogP contribution in [0.3, 0.4) is 0 Å². The summed E-state index contributed by atoms with van der Waals surface area (Å²) in [7, 11) is 1.22. The minimum Gasteiger partial charge on any atom is -0.494 e. The van der Waals surface area contributed by atoms with Gasteiger partial charge in [0.05, 0.1) is 30.6 Å². The average Bonchev–Trinajstić information content (AvgIpc) is 3.37. The van der Waals surface area contributed by atoms with Gasteiger partial charge in [-0.05, 0) is 43.3 Å². The van der Waals surface area contributed by atoms with Gasteiger partial charge in [0.1, 0.15) is 23.2 Å². The quantitative estimate of drug-likeness (QED) is 0.513. The molecule has 3 aromatic rings. The predicted molar refractivity (Wildman–Crippen MR) is 111 cm³/mol. The van der Waals surface area contributed by atoms with Crippen molar-refractivity contribution in [3.63, 3.8) is 0 Å². The van der Waals surface area contributed by atoms with Gasteiger partial charge >= 0.3 is 6.18 Å². The number of fused-ring (bicyclic) bond motifs is 1. The summed E-state index contributed by atoms with van der Waals surface area (Å²) in [4.78, 5) is 14.8. The number of hydrogen-bond acceptors (Lipinski definition) is 5. The molecule has 0 spiro atoms. The summed E-state index contributed by atoms with van der Waals surface area (Å²) in [6.07, 6.45) is -5.15. The topological polar surface area (TPSA) is 80.4 Å². The van der Waals surface area contributed by atoms with E-state index >= 15 is 0 Å². The van der Waals surface area contributed by atoms with Gasteiger partial charge in [-0.3, -0.25) is 4.79 Å². The van der Waals surface area contributed by atoms with E-state index in [4.69, 9.17) is 9.47 Å². The number of carbonyl (C=O) groups excluding carboxylic acids is 1. The molecule has 11 heteroatoms. The van der Waals surface area contributed by atoms with Crippen LogP contribution in [0.4, 0.5) is 17.6 Å². The fourth-order valence-corrected chi connectivity index (χ4v) is 3.60. The number of aromatic nitrogens is 2. The molecule has 4 rings (SSSR count). The summed E-state index contributed by atoms with van der Waals surface area (Å²) >= 11 is 0. The molecule has 1 atom stereocenters. The Morgan fingerprint density at radius 1 is 1.18 bits per heavy atom. The van der Waals surface area contributed by atoms with Gasteiger partial charge in [0.25, 0.3) is 5.91 Å². The molecular weight excluding hydrogens is 456 g/mol. The summed E-state index contributed by atoms with van der Waals surface area (Å²) in [5, 5.41) is 13.8. The molecule has 0 aliphatic carbocycles. The van der Waals surface area contributed by atoms with E-state index in [0.29, 0.717) is 11.4 Å². The third-order valence-corrected chi connectivity index (χ3v) is 5.38. The van der Waals surface area contributed by atoms with Crippen molar-refractivity contribution < 1.29 is 31.8 Å². The lowest BCUT2D eigenvalue weighted by molar-refractivity contribution is -0.189. The van der Waals surface area contributed by atoms with Crippen LogP contribution in [0.1, 0.15) is 34.1 Å². The third kappa shape index (κ3) is 4.26. The maximum Gasteiger partial charge on any atom is 0.425 e. The molecule has 176 valence electrons. The largest absolute Gasteiger partial charge is 0.494 e. The van der Waals surface area contributed by atoms with Crippen LogP contribution in [0.5, 0.6) is 11.5 Å². The van der Waals surface area contributed by atoms with Crippen LogP contribution in [-0.2, 0) is 13.1 Å². The van der Waals surface area contributed by atoms with Crippen molar-refractivity contribution in [2.45, 2.75) is 32.3 Å². The molecule has 0 N–H and O–H groups in total. The Hall–Kier alpha value is -4.07. The number of hydrogen-bond donors (Lipinski definition) is 0. The van der Waals surface area contributed by atoms with Crippen LogP contribution in [-0.4, -0.2) is 40.0 Å². The number of ether oxygens (including phenoxy) is 2. The predicted octanol–water partition coefficient (Wildman–Crippen LogP) is 4.38. The number of alkyl halides is 3. The lowest BCUT2D eigenvalue weighted by Crippen LogP contribution is -2.33. The monoisotopic (exact) mass is 474 g/mol. The highest BCUT2D eigenvalue weighted by Gasteiger charge is 2.40. The summed E-state index contributed by atoms with van der Waals surface area (Å²) in [6, 6.07) is 9.98. The average molecular weight is 474 g/mol. The van der Waals surface area contributed by atoms with Crippen molar-refractivity contribution in [3.05, 3.63) is 70.8 Å². The molecule has 1 aliphatic rings. The van der Waals surface area contributed by atoms with Gasteiger partial charge in [0.2, 0.25) is 0 Å². The van der Waals surface area contributed by atoms with E-state index in [1.54, 1.807) is 23.0 Å². The van der Waals surface area contributed by atoms with Gasteiger partial charge < -0.3 is 14.4 Å². The Balaban J connectivity index is 1.64. The Morgan fingerprint density at radius 2 is 1.88 bits per heavy atom. The zero-order valence-electron chi connectivity index (χ0n) is 18.1. The Bertz CT molecular complexity index is 1260. The first-order chi connectivity index (χ1) is 16.1. The molecule has 1 aromatic heterocycles. The molecule has 0 radical (unpaired) electrons. The zero-order valence-corrected chi connectivity index (χ0v) is 18.1. The molecule has 0 fully saturated rings. The second-order valence-electron chi connectivity index (χ2n) is 7.62. The second-order valence-corrected chi connectivity index (χ2v) is 7.62. The van der Waals surface area contributed by atoms with Gasteiger partial charge in [-0.1, -0.05) is 0 Å². The highest BCUT2D eigenvalue weighted by molar-refractivity contribution is 6.00. The maximum absolute atomic E-state index is 13.4. The molecule has 0 saturated carbocycles. The molecule has 1 amide bonds. The van der Waals surface area contributed by atoms with E-state index < -0.39 is 18.2 Å². The minimum atomic E-state index is -4.66. The Morgan fingerprint density at radius 3 is 2.47 bits per heavy atom. The lowest BCUT2D eigenvalue weighted by atomic mass is 10.1. The van der Waals surface area contributed by atoms with Crippen molar-refractivity contribution in [1.82, 2.24) is 14.7 Å². The van der Waals surface area contributed by atoms with Gasteiger partial charge in [-0.25, -0.2) is 9.07 Å². The zero-order chi connectivity index (χ0) is 24.6. The number of carbonyl (C=O) groups is 1. The van der Waals surface area contributed by atoms with Crippen LogP contribution >= 0.6 is 0 Å². The minimum absolute atomic E-state index is 0.0173. The van der Waals surface area contributed by atoms with Gasteiger partial charge in [0, 0.05) is 18.3 Å². The van der Waals surface area contributed by atoms with Gasteiger partial charge in [-0.2, -0.15) is 23.5 Å². The molecule has 0 unspecified atom stereocenters. The Kier molecular flexibility index (Phi) is 5.91. The van der Waals surface area contributed by atoms with Crippen LogP contribution in [0.2, 0.25) is 0 Å². The molecule has 34 heavy (non-hydrogen) atoms. The lowest BCUT2D eigenvalue weighted by Gasteiger charge is -2.23. The summed E-state index contributed by atoms with van der Waals surface area (Å²) in [5.74, 6) is -1.55. The highest BCUT2D eigenvalue weighted by Crippen LogP contribution is 2.37. The maximum atomic E-state index is 13.4. The van der Waals surface area contributed by atoms with Gasteiger partial charge in [-0.15, -0.1) is 0 Å². The first-order valence-corrected chi connectivity index (χ1v) is 10.1. The fraction of sp³-hybridized carbons (Fsp3) is 0.261. The molecule has 2 heterocycles. The smallest absolute Gasteiger partial charge is 0.425 e. The van der Waals surface area contributed by atoms with Crippen molar-refractivity contribution in [2.75, 3.05) is 7.11 Å². The third-order valence-electron chi connectivity index (χ3n) is 5.38. The van der Waals surface area contributed by atoms with Crippen molar-refractivity contribution >= 4 is 5.91 Å². The molecule has 0 saturated heterocycles. The first-order valence-electron chi connectivity index (χ1n) is 10.1. The normalized spacial score (nSPS) is 13.9. The molecular formula is C23H18F4N4O3. The summed E-state index contributed by atoms with van der Waals surface area (Å²) in [5.41, 5.74) is 1.65. The number of halogens is 4. The van der Waals surface area contributed by atoms with Crippen molar-refractivity contribution in [3.8, 4) is 23.3 Å². The van der Waals surface area contributed by atoms with E-state index in [1.165, 1.54) is 30.2 Å². The van der Waals surface area contributed by atoms with E-state index in [0.717, 1.165) is 18.6 Å². The van der Waals surface area contributed by atoms with E-state index in [9.17, 15) is 27.6 Å². The number of methoxy groups -OCH3 is 1. The van der Waals surface area contributed by atoms with Gasteiger partial charge in [0.15, 0.2) is 11.9 Å². The van der Waals surface area contributed by atoms with E-state index in [1.807, 2.05) is 6.07 Å². The number of rotatable bonds is 5. The van der Waals surface area contributed by atoms with Crippen LogP contribution < -0.4 is 9.47 Å². The molecule has 2 aromatic carbocycles. The fourth-order valence-electron chi connectivity index (χ4n) is 3.60. The van der Waals surface area contributed by atoms with Crippen molar-refractivity contribution in [2.24, 2.45) is 0 Å². The Labute approximate surface area is 191 Å².